The van der Waals surface area contributed by atoms with Crippen molar-refractivity contribution in [3.63, 3.8) is 0 Å². The maximum atomic E-state index is 3.59. The van der Waals surface area contributed by atoms with Crippen molar-refractivity contribution < 1.29 is 0 Å². The molecule has 94 valence electrons. The second-order valence-electron chi connectivity index (χ2n) is 5.71. The van der Waals surface area contributed by atoms with Gasteiger partial charge in [-0.1, -0.05) is 31.5 Å². The number of rotatable bonds is 2. The molecule has 1 unspecified atom stereocenters. The second-order valence-corrected chi connectivity index (χ2v) is 5.71. The zero-order chi connectivity index (χ0) is 12.4. The van der Waals surface area contributed by atoms with Gasteiger partial charge in [-0.2, -0.15) is 0 Å². The van der Waals surface area contributed by atoms with E-state index in [0.29, 0.717) is 12.0 Å². The molecule has 1 aliphatic heterocycles. The Morgan fingerprint density at radius 1 is 1.41 bits per heavy atom. The Morgan fingerprint density at radius 2 is 2.18 bits per heavy atom. The number of hydrogen-bond donors (Lipinski definition) is 1. The maximum absolute atomic E-state index is 3.59. The normalized spacial score (nSPS) is 20.3. The van der Waals surface area contributed by atoms with Crippen molar-refractivity contribution in [2.75, 3.05) is 18.0 Å². The average Bonchev–Trinajstić information content (AvgIpc) is 2.38. The summed E-state index contributed by atoms with van der Waals surface area (Å²) in [6, 6.07) is 7.38. The van der Waals surface area contributed by atoms with Gasteiger partial charge in [0, 0.05) is 31.4 Å². The first kappa shape index (κ1) is 12.4. The van der Waals surface area contributed by atoms with Gasteiger partial charge >= 0.3 is 0 Å². The predicted molar refractivity (Wildman–Crippen MR) is 74.5 cm³/mol. The van der Waals surface area contributed by atoms with E-state index in [1.807, 2.05) is 0 Å². The molecule has 2 heteroatoms. The lowest BCUT2D eigenvalue weighted by Crippen LogP contribution is -2.37. The number of anilines is 1. The molecular formula is C15H24N2. The molecule has 2 nitrogen and oxygen atoms in total. The number of aryl methyl sites for hydroxylation is 1. The molecule has 1 aliphatic rings. The van der Waals surface area contributed by atoms with E-state index in [1.54, 1.807) is 0 Å². The molecule has 0 radical (unpaired) electrons. The van der Waals surface area contributed by atoms with Crippen molar-refractivity contribution in [3.8, 4) is 0 Å². The largest absolute Gasteiger partial charge is 0.369 e. The lowest BCUT2D eigenvalue weighted by atomic mass is 10.1. The monoisotopic (exact) mass is 232 g/mol. The summed E-state index contributed by atoms with van der Waals surface area (Å²) < 4.78 is 0. The smallest absolute Gasteiger partial charge is 0.0412 e. The highest BCUT2D eigenvalue weighted by atomic mass is 15.2. The van der Waals surface area contributed by atoms with E-state index in [9.17, 15) is 0 Å². The Balaban J connectivity index is 2.32. The predicted octanol–water partition coefficient (Wildman–Crippen LogP) is 2.95. The molecule has 1 aromatic carbocycles. The van der Waals surface area contributed by atoms with Crippen LogP contribution in [0.3, 0.4) is 0 Å². The third-order valence-electron chi connectivity index (χ3n) is 3.30. The molecule has 0 bridgehead atoms. The van der Waals surface area contributed by atoms with Crippen LogP contribution in [0.2, 0.25) is 0 Å². The van der Waals surface area contributed by atoms with Crippen LogP contribution in [0.5, 0.6) is 0 Å². The highest BCUT2D eigenvalue weighted by molar-refractivity contribution is 5.56. The van der Waals surface area contributed by atoms with Crippen LogP contribution in [-0.4, -0.2) is 19.1 Å². The first-order valence-corrected chi connectivity index (χ1v) is 6.64. The van der Waals surface area contributed by atoms with E-state index in [2.05, 4.69) is 56.1 Å². The Bertz CT molecular complexity index is 385. The van der Waals surface area contributed by atoms with Crippen LogP contribution in [0, 0.1) is 12.8 Å². The van der Waals surface area contributed by atoms with E-state index in [4.69, 9.17) is 0 Å². The summed E-state index contributed by atoms with van der Waals surface area (Å²) >= 11 is 0. The second kappa shape index (κ2) is 5.09. The Labute approximate surface area is 105 Å². The fourth-order valence-electron chi connectivity index (χ4n) is 2.56. The van der Waals surface area contributed by atoms with Gasteiger partial charge in [0.1, 0.15) is 0 Å². The topological polar surface area (TPSA) is 15.3 Å². The zero-order valence-electron chi connectivity index (χ0n) is 11.5. The third kappa shape index (κ3) is 3.01. The van der Waals surface area contributed by atoms with Crippen LogP contribution in [0.1, 0.15) is 31.9 Å². The van der Waals surface area contributed by atoms with Crippen LogP contribution in [0.15, 0.2) is 18.2 Å². The van der Waals surface area contributed by atoms with E-state index < -0.39 is 0 Å². The summed E-state index contributed by atoms with van der Waals surface area (Å²) in [6.07, 6.45) is 0. The van der Waals surface area contributed by atoms with Crippen molar-refractivity contribution in [2.45, 2.75) is 40.3 Å². The molecular weight excluding hydrogens is 208 g/mol. The van der Waals surface area contributed by atoms with Crippen LogP contribution < -0.4 is 10.2 Å². The highest BCUT2D eigenvalue weighted by Gasteiger charge is 2.19. The van der Waals surface area contributed by atoms with Crippen LogP contribution in [-0.2, 0) is 6.54 Å². The summed E-state index contributed by atoms with van der Waals surface area (Å²) in [5, 5.41) is 3.59. The van der Waals surface area contributed by atoms with Crippen molar-refractivity contribution in [1.29, 1.82) is 0 Å². The number of benzene rings is 1. The highest BCUT2D eigenvalue weighted by Crippen LogP contribution is 2.25. The molecule has 0 saturated carbocycles. The fraction of sp³-hybridized carbons (Fsp3) is 0.600. The molecule has 1 heterocycles. The van der Waals surface area contributed by atoms with Crippen LogP contribution in [0.4, 0.5) is 5.69 Å². The third-order valence-corrected chi connectivity index (χ3v) is 3.30. The minimum Gasteiger partial charge on any atom is -0.369 e. The van der Waals surface area contributed by atoms with Crippen molar-refractivity contribution in [2.24, 2.45) is 5.92 Å². The Kier molecular flexibility index (Phi) is 3.72. The summed E-state index contributed by atoms with van der Waals surface area (Å²) in [5.41, 5.74) is 4.21. The standard InChI is InChI=1S/C15H24N2/c1-11(2)9-17-10-13(4)16-8-14-7-12(3)5-6-15(14)17/h5-7,11,13,16H,8-10H2,1-4H3. The summed E-state index contributed by atoms with van der Waals surface area (Å²) in [7, 11) is 0. The van der Waals surface area contributed by atoms with Gasteiger partial charge in [0.25, 0.3) is 0 Å². The molecule has 0 saturated heterocycles. The van der Waals surface area contributed by atoms with E-state index >= 15 is 0 Å². The first-order chi connectivity index (χ1) is 8.06. The van der Waals surface area contributed by atoms with E-state index in [-0.39, 0.29) is 0 Å². The SMILES string of the molecule is Cc1ccc2c(c1)CNC(C)CN2CC(C)C. The van der Waals surface area contributed by atoms with E-state index in [1.165, 1.54) is 16.8 Å². The summed E-state index contributed by atoms with van der Waals surface area (Å²) in [6.45, 7) is 12.3. The minimum atomic E-state index is 0.557. The summed E-state index contributed by atoms with van der Waals surface area (Å²) in [4.78, 5) is 2.53. The van der Waals surface area contributed by atoms with Crippen LogP contribution in [0.25, 0.3) is 0 Å². The van der Waals surface area contributed by atoms with Crippen molar-refractivity contribution >= 4 is 5.69 Å². The van der Waals surface area contributed by atoms with Gasteiger partial charge in [0.15, 0.2) is 0 Å². The quantitative estimate of drug-likeness (QED) is 0.843. The summed E-state index contributed by atoms with van der Waals surface area (Å²) in [5.74, 6) is 0.703. The molecule has 1 N–H and O–H groups in total. The minimum absolute atomic E-state index is 0.557. The fourth-order valence-corrected chi connectivity index (χ4v) is 2.56. The van der Waals surface area contributed by atoms with Crippen molar-refractivity contribution in [3.05, 3.63) is 29.3 Å². The van der Waals surface area contributed by atoms with Gasteiger partial charge in [-0.15, -0.1) is 0 Å². The lowest BCUT2D eigenvalue weighted by molar-refractivity contribution is 0.530. The molecule has 0 aromatic heterocycles. The molecule has 1 aromatic rings. The van der Waals surface area contributed by atoms with Gasteiger partial charge in [-0.05, 0) is 31.4 Å². The molecule has 0 fully saturated rings. The molecule has 0 amide bonds. The number of nitrogens with zero attached hydrogens (tertiary/aromatic N) is 1. The van der Waals surface area contributed by atoms with E-state index in [0.717, 1.165) is 19.6 Å². The van der Waals surface area contributed by atoms with Gasteiger partial charge < -0.3 is 10.2 Å². The van der Waals surface area contributed by atoms with Gasteiger partial charge in [-0.25, -0.2) is 0 Å². The molecule has 2 rings (SSSR count). The number of fused-ring (bicyclic) bond motifs is 1. The van der Waals surface area contributed by atoms with Gasteiger partial charge in [0.05, 0.1) is 0 Å². The molecule has 0 spiro atoms. The lowest BCUT2D eigenvalue weighted by Gasteiger charge is -2.28. The number of hydrogen-bond acceptors (Lipinski definition) is 2. The van der Waals surface area contributed by atoms with Crippen molar-refractivity contribution in [1.82, 2.24) is 5.32 Å². The Morgan fingerprint density at radius 3 is 2.88 bits per heavy atom. The number of nitrogens with one attached hydrogen (secondary N) is 1. The van der Waals surface area contributed by atoms with Gasteiger partial charge in [-0.3, -0.25) is 0 Å². The molecule has 17 heavy (non-hydrogen) atoms. The molecule has 1 atom stereocenters. The first-order valence-electron chi connectivity index (χ1n) is 6.64. The Hall–Kier alpha value is -1.02. The van der Waals surface area contributed by atoms with Crippen LogP contribution >= 0.6 is 0 Å². The average molecular weight is 232 g/mol. The molecule has 0 aliphatic carbocycles. The zero-order valence-corrected chi connectivity index (χ0v) is 11.5. The van der Waals surface area contributed by atoms with Gasteiger partial charge in [0.2, 0.25) is 0 Å². The maximum Gasteiger partial charge on any atom is 0.0412 e.